The zero-order valence-electron chi connectivity index (χ0n) is 8.16. The summed E-state index contributed by atoms with van der Waals surface area (Å²) in [6.07, 6.45) is 0. The van der Waals surface area contributed by atoms with E-state index >= 15 is 0 Å². The molecule has 0 heterocycles. The van der Waals surface area contributed by atoms with E-state index < -0.39 is 13.4 Å². The Morgan fingerprint density at radius 1 is 1.00 bits per heavy atom. The molecule has 2 aromatic carbocycles. The number of benzene rings is 2. The Morgan fingerprint density at radius 2 is 1.69 bits per heavy atom. The number of hydrogen-bond acceptors (Lipinski definition) is 4. The summed E-state index contributed by atoms with van der Waals surface area (Å²) in [5, 5.41) is 1.65. The summed E-state index contributed by atoms with van der Waals surface area (Å²) in [4.78, 5) is 0. The van der Waals surface area contributed by atoms with Crippen LogP contribution < -0.4 is 3.82 Å². The van der Waals surface area contributed by atoms with Crippen LogP contribution >= 0.6 is 9.47 Å². The molecular weight excluding hydrogens is 294 g/mol. The Labute approximate surface area is 97.1 Å². The predicted octanol–water partition coefficient (Wildman–Crippen LogP) is 2.32. The molecule has 0 fully saturated rings. The topological polar surface area (TPSA) is 52.6 Å². The van der Waals surface area contributed by atoms with Gasteiger partial charge in [0.1, 0.15) is 0 Å². The summed E-state index contributed by atoms with van der Waals surface area (Å²) in [5.41, 5.74) is 0. The summed E-state index contributed by atoms with van der Waals surface area (Å²) in [5.74, 6) is 0.283. The van der Waals surface area contributed by atoms with Gasteiger partial charge in [0.05, 0.1) is 0 Å². The normalized spacial score (nSPS) is 11.6. The Balaban J connectivity index is 2.53. The molecule has 4 nitrogen and oxygen atoms in total. The summed E-state index contributed by atoms with van der Waals surface area (Å²) in [7, 11) is 1.68. The average molecular weight is 303 g/mol. The first-order chi connectivity index (χ1) is 7.62. The first-order valence-corrected chi connectivity index (χ1v) is 7.70. The van der Waals surface area contributed by atoms with Crippen LogP contribution in [0.4, 0.5) is 0 Å². The van der Waals surface area contributed by atoms with Gasteiger partial charge >= 0.3 is 96.9 Å². The zero-order chi connectivity index (χ0) is 11.6. The molecule has 0 aliphatic carbocycles. The van der Waals surface area contributed by atoms with E-state index in [2.05, 4.69) is 3.61 Å². The second-order valence-electron chi connectivity index (χ2n) is 3.07. The van der Waals surface area contributed by atoms with Crippen molar-refractivity contribution in [2.24, 2.45) is 0 Å². The minimum absolute atomic E-state index is 0.283. The molecule has 0 aliphatic heterocycles. The monoisotopic (exact) mass is 304 g/mol. The van der Waals surface area contributed by atoms with Gasteiger partial charge in [-0.15, -0.1) is 0 Å². The van der Waals surface area contributed by atoms with Gasteiger partial charge in [0.2, 0.25) is 0 Å². The molecule has 0 saturated carbocycles. The van der Waals surface area contributed by atoms with Crippen LogP contribution in [-0.4, -0.2) is 13.4 Å². The third kappa shape index (κ3) is 2.39. The molecule has 1 atom stereocenters. The van der Waals surface area contributed by atoms with Crippen molar-refractivity contribution in [1.82, 2.24) is 0 Å². The van der Waals surface area contributed by atoms with E-state index in [9.17, 15) is 7.67 Å². The van der Waals surface area contributed by atoms with Crippen molar-refractivity contribution in [2.75, 3.05) is 0 Å². The number of rotatable bonds is 3. The summed E-state index contributed by atoms with van der Waals surface area (Å²) in [6.45, 7) is 0. The molecular formula is C10H9O4PSe. The van der Waals surface area contributed by atoms with Crippen molar-refractivity contribution in [3.8, 4) is 5.75 Å². The molecule has 2 aromatic rings. The van der Waals surface area contributed by atoms with Crippen LogP contribution in [0, 0.1) is 0 Å². The maximum absolute atomic E-state index is 11.2. The summed E-state index contributed by atoms with van der Waals surface area (Å²) in [6, 6.07) is 12.6. The summed E-state index contributed by atoms with van der Waals surface area (Å²) < 4.78 is 31.5. The van der Waals surface area contributed by atoms with Crippen LogP contribution in [0.25, 0.3) is 10.8 Å². The molecule has 0 bridgehead atoms. The molecule has 0 spiro atoms. The first-order valence-electron chi connectivity index (χ1n) is 4.43. The van der Waals surface area contributed by atoms with Gasteiger partial charge in [0.25, 0.3) is 0 Å². The standard InChI is InChI=1S/C10H9O4PSe/c11-16(12,14-15)13-10-7-3-5-8-4-1-2-6-9(8)10/h1-7H,15H2. The molecule has 2 rings (SSSR count). The maximum atomic E-state index is 11.2. The third-order valence-electron chi connectivity index (χ3n) is 2.06. The molecule has 0 saturated heterocycles. The Morgan fingerprint density at radius 3 is 2.44 bits per heavy atom. The van der Waals surface area contributed by atoms with E-state index in [1.165, 1.54) is 0 Å². The second-order valence-corrected chi connectivity index (χ2v) is 6.53. The minimum atomic E-state index is -4.75. The van der Waals surface area contributed by atoms with Crippen molar-refractivity contribution in [2.45, 2.75) is 0 Å². The van der Waals surface area contributed by atoms with Gasteiger partial charge < -0.3 is 0 Å². The summed E-state index contributed by atoms with van der Waals surface area (Å²) >= 11 is -4.75. The molecule has 0 amide bonds. The van der Waals surface area contributed by atoms with Gasteiger partial charge in [0, 0.05) is 0 Å². The molecule has 84 valence electrons. The molecule has 0 N–H and O–H groups in total. The van der Waals surface area contributed by atoms with Crippen LogP contribution in [-0.2, 0) is 11.3 Å². The van der Waals surface area contributed by atoms with Crippen LogP contribution in [0.3, 0.4) is 0 Å². The number of fused-ring (bicyclic) bond motifs is 1. The van der Waals surface area contributed by atoms with Crippen LogP contribution in [0.5, 0.6) is 5.75 Å². The Bertz CT molecular complexity index is 604. The van der Waals surface area contributed by atoms with Crippen LogP contribution in [0.15, 0.2) is 42.5 Å². The van der Waals surface area contributed by atoms with Crippen molar-refractivity contribution in [3.05, 3.63) is 42.5 Å². The molecule has 1 unspecified atom stereocenters. The van der Waals surface area contributed by atoms with Crippen molar-refractivity contribution >= 4 is 33.6 Å². The van der Waals surface area contributed by atoms with E-state index in [0.29, 0.717) is 0 Å². The van der Waals surface area contributed by atoms with E-state index in [1.807, 2.05) is 24.3 Å². The molecule has 16 heavy (non-hydrogen) atoms. The number of hydrogen-bond donors (Lipinski definition) is 0. The Hall–Kier alpha value is -0.991. The van der Waals surface area contributed by atoms with Gasteiger partial charge in [-0.2, -0.15) is 0 Å². The van der Waals surface area contributed by atoms with Crippen LogP contribution in [0.1, 0.15) is 0 Å². The first kappa shape index (κ1) is 11.5. The van der Waals surface area contributed by atoms with Gasteiger partial charge in [-0.3, -0.25) is 0 Å². The Kier molecular flexibility index (Phi) is 3.22. The van der Waals surface area contributed by atoms with Gasteiger partial charge in [-0.25, -0.2) is 0 Å². The van der Waals surface area contributed by atoms with Crippen LogP contribution in [0.2, 0.25) is 0 Å². The van der Waals surface area contributed by atoms with Crippen molar-refractivity contribution in [1.29, 1.82) is 0 Å². The SMILES string of the molecule is O=[Se](=O)(OP)Oc1cccc2ccccc12. The average Bonchev–Trinajstić information content (AvgIpc) is 2.29. The van der Waals surface area contributed by atoms with E-state index in [4.69, 9.17) is 3.82 Å². The van der Waals surface area contributed by atoms with Crippen molar-refractivity contribution < 1.29 is 15.1 Å². The third-order valence-corrected chi connectivity index (χ3v) is 4.58. The fourth-order valence-corrected chi connectivity index (χ4v) is 2.45. The quantitative estimate of drug-likeness (QED) is 0.645. The molecule has 6 heteroatoms. The fraction of sp³-hybridized carbons (Fsp3) is 0. The molecule has 0 radical (unpaired) electrons. The predicted molar refractivity (Wildman–Crippen MR) is 62.5 cm³/mol. The molecule has 0 aromatic heterocycles. The van der Waals surface area contributed by atoms with Gasteiger partial charge in [-0.1, -0.05) is 0 Å². The molecule has 0 aliphatic rings. The second kappa shape index (κ2) is 4.48. The van der Waals surface area contributed by atoms with E-state index in [-0.39, 0.29) is 5.75 Å². The zero-order valence-corrected chi connectivity index (χ0v) is 11.0. The fourth-order valence-electron chi connectivity index (χ4n) is 1.40. The van der Waals surface area contributed by atoms with Gasteiger partial charge in [0.15, 0.2) is 0 Å². The van der Waals surface area contributed by atoms with Gasteiger partial charge in [-0.05, 0) is 0 Å². The van der Waals surface area contributed by atoms with E-state index in [0.717, 1.165) is 10.8 Å². The van der Waals surface area contributed by atoms with E-state index in [1.54, 1.807) is 27.7 Å². The van der Waals surface area contributed by atoms with Crippen molar-refractivity contribution in [3.63, 3.8) is 0 Å².